The van der Waals surface area contributed by atoms with Crippen molar-refractivity contribution in [3.05, 3.63) is 58.0 Å². The Hall–Kier alpha value is -2.65. The number of rotatable bonds is 8. The van der Waals surface area contributed by atoms with E-state index in [1.807, 2.05) is 23.1 Å². The molecule has 2 amide bonds. The highest BCUT2D eigenvalue weighted by atomic mass is 32.2. The summed E-state index contributed by atoms with van der Waals surface area (Å²) in [5.41, 5.74) is 1.00. The number of anilines is 1. The van der Waals surface area contributed by atoms with Gasteiger partial charge in [0.05, 0.1) is 17.0 Å². The number of thiophene rings is 1. The summed E-state index contributed by atoms with van der Waals surface area (Å²) in [5.74, 6) is 0.702. The molecule has 0 unspecified atom stereocenters. The van der Waals surface area contributed by atoms with Gasteiger partial charge in [0, 0.05) is 24.4 Å². The second-order valence-corrected chi connectivity index (χ2v) is 8.82. The fourth-order valence-electron chi connectivity index (χ4n) is 2.79. The molecular formula is C20H21N5O2S2. The van der Waals surface area contributed by atoms with Crippen LogP contribution in [0.25, 0.3) is 0 Å². The second-order valence-electron chi connectivity index (χ2n) is 6.84. The quantitative estimate of drug-likeness (QED) is 0.539. The molecule has 0 saturated heterocycles. The number of aromatic nitrogens is 3. The molecule has 2 heterocycles. The molecule has 0 bridgehead atoms. The SMILES string of the molecule is Cn1c(Cc2cccs2)nnc1SCC(=O)Nc1ccccc1C(=O)NC1CC1. The van der Waals surface area contributed by atoms with Gasteiger partial charge in [-0.25, -0.2) is 0 Å². The molecule has 1 aromatic carbocycles. The molecular weight excluding hydrogens is 406 g/mol. The first-order valence-electron chi connectivity index (χ1n) is 9.33. The van der Waals surface area contributed by atoms with Gasteiger partial charge in [-0.1, -0.05) is 30.0 Å². The van der Waals surface area contributed by atoms with Gasteiger partial charge in [0.15, 0.2) is 5.16 Å². The van der Waals surface area contributed by atoms with Crippen molar-refractivity contribution in [3.8, 4) is 0 Å². The standard InChI is InChI=1S/C20H21N5O2S2/c1-25-17(11-14-5-4-10-28-14)23-24-20(25)29-12-18(26)22-16-7-3-2-6-15(16)19(27)21-13-8-9-13/h2-7,10,13H,8-9,11-12H2,1H3,(H,21,27)(H,22,26). The highest BCUT2D eigenvalue weighted by Crippen LogP contribution is 2.23. The van der Waals surface area contributed by atoms with E-state index in [4.69, 9.17) is 0 Å². The number of carbonyl (C=O) groups excluding carboxylic acids is 2. The summed E-state index contributed by atoms with van der Waals surface area (Å²) in [6.45, 7) is 0. The van der Waals surface area contributed by atoms with Crippen molar-refractivity contribution in [1.29, 1.82) is 0 Å². The third-order valence-electron chi connectivity index (χ3n) is 4.53. The van der Waals surface area contributed by atoms with Gasteiger partial charge in [-0.2, -0.15) is 0 Å². The first kappa shape index (κ1) is 19.7. The molecule has 2 N–H and O–H groups in total. The minimum Gasteiger partial charge on any atom is -0.349 e. The molecule has 0 spiro atoms. The molecule has 1 aliphatic carbocycles. The number of thioether (sulfide) groups is 1. The highest BCUT2D eigenvalue weighted by Gasteiger charge is 2.25. The largest absolute Gasteiger partial charge is 0.349 e. The Morgan fingerprint density at radius 1 is 1.21 bits per heavy atom. The number of benzene rings is 1. The van der Waals surface area contributed by atoms with Crippen LogP contribution in [-0.2, 0) is 18.3 Å². The van der Waals surface area contributed by atoms with Crippen LogP contribution in [0.15, 0.2) is 46.9 Å². The van der Waals surface area contributed by atoms with Crippen molar-refractivity contribution in [1.82, 2.24) is 20.1 Å². The van der Waals surface area contributed by atoms with Crippen LogP contribution in [0.2, 0.25) is 0 Å². The maximum atomic E-state index is 12.5. The molecule has 1 aliphatic rings. The predicted molar refractivity (Wildman–Crippen MR) is 114 cm³/mol. The number of carbonyl (C=O) groups is 2. The summed E-state index contributed by atoms with van der Waals surface area (Å²) < 4.78 is 1.91. The molecule has 0 aliphatic heterocycles. The van der Waals surface area contributed by atoms with Crippen molar-refractivity contribution in [2.45, 2.75) is 30.5 Å². The Morgan fingerprint density at radius 3 is 2.79 bits per heavy atom. The molecule has 150 valence electrons. The number of nitrogens with one attached hydrogen (secondary N) is 2. The predicted octanol–water partition coefficient (Wildman–Crippen LogP) is 3.09. The molecule has 0 atom stereocenters. The zero-order chi connectivity index (χ0) is 20.2. The Balaban J connectivity index is 1.35. The van der Waals surface area contributed by atoms with Crippen molar-refractivity contribution in [3.63, 3.8) is 0 Å². The van der Waals surface area contributed by atoms with E-state index in [-0.39, 0.29) is 23.6 Å². The fraction of sp³-hybridized carbons (Fsp3) is 0.300. The number of para-hydroxylation sites is 1. The molecule has 1 fully saturated rings. The van der Waals surface area contributed by atoms with E-state index in [0.717, 1.165) is 25.1 Å². The summed E-state index contributed by atoms with van der Waals surface area (Å²) in [6.07, 6.45) is 2.75. The third-order valence-corrected chi connectivity index (χ3v) is 6.42. The van der Waals surface area contributed by atoms with Gasteiger partial charge in [0.2, 0.25) is 5.91 Å². The summed E-state index contributed by atoms with van der Waals surface area (Å²) >= 11 is 3.00. The van der Waals surface area contributed by atoms with Crippen LogP contribution in [-0.4, -0.2) is 38.4 Å². The zero-order valence-electron chi connectivity index (χ0n) is 15.9. The molecule has 9 heteroatoms. The van der Waals surface area contributed by atoms with Crippen LogP contribution in [0.4, 0.5) is 5.69 Å². The third kappa shape index (κ3) is 5.04. The van der Waals surface area contributed by atoms with Gasteiger partial charge in [0.1, 0.15) is 5.82 Å². The minimum atomic E-state index is -0.190. The maximum Gasteiger partial charge on any atom is 0.253 e. The molecule has 3 aromatic rings. The molecule has 1 saturated carbocycles. The Bertz CT molecular complexity index is 1010. The van der Waals surface area contributed by atoms with Crippen LogP contribution >= 0.6 is 23.1 Å². The summed E-state index contributed by atoms with van der Waals surface area (Å²) in [4.78, 5) is 26.0. The minimum absolute atomic E-state index is 0.150. The second kappa shape index (κ2) is 8.79. The topological polar surface area (TPSA) is 88.9 Å². The average Bonchev–Trinajstić information content (AvgIpc) is 3.25. The number of nitrogens with zero attached hydrogens (tertiary/aromatic N) is 3. The number of hydrogen-bond donors (Lipinski definition) is 2. The lowest BCUT2D eigenvalue weighted by atomic mass is 10.1. The van der Waals surface area contributed by atoms with Gasteiger partial charge < -0.3 is 15.2 Å². The van der Waals surface area contributed by atoms with Gasteiger partial charge >= 0.3 is 0 Å². The van der Waals surface area contributed by atoms with Crippen molar-refractivity contribution in [2.75, 3.05) is 11.1 Å². The monoisotopic (exact) mass is 427 g/mol. The number of amides is 2. The summed E-state index contributed by atoms with van der Waals surface area (Å²) in [5, 5.41) is 17.0. The maximum absolute atomic E-state index is 12.5. The zero-order valence-corrected chi connectivity index (χ0v) is 17.6. The summed E-state index contributed by atoms with van der Waals surface area (Å²) in [6, 6.07) is 11.4. The van der Waals surface area contributed by atoms with Crippen molar-refractivity contribution >= 4 is 40.6 Å². The Kier molecular flexibility index (Phi) is 5.96. The van der Waals surface area contributed by atoms with Crippen LogP contribution in [0.1, 0.15) is 33.9 Å². The van der Waals surface area contributed by atoms with Gasteiger partial charge in [-0.05, 0) is 36.4 Å². The molecule has 2 aromatic heterocycles. The van der Waals surface area contributed by atoms with E-state index in [1.165, 1.54) is 16.6 Å². The lowest BCUT2D eigenvalue weighted by molar-refractivity contribution is -0.113. The Morgan fingerprint density at radius 2 is 2.03 bits per heavy atom. The van der Waals surface area contributed by atoms with E-state index >= 15 is 0 Å². The fourth-order valence-corrected chi connectivity index (χ4v) is 4.22. The lowest BCUT2D eigenvalue weighted by Crippen LogP contribution is -2.27. The van der Waals surface area contributed by atoms with Gasteiger partial charge in [0.25, 0.3) is 5.91 Å². The van der Waals surface area contributed by atoms with E-state index in [1.54, 1.807) is 35.6 Å². The molecule has 4 rings (SSSR count). The first-order valence-corrected chi connectivity index (χ1v) is 11.2. The van der Waals surface area contributed by atoms with Crippen LogP contribution in [0.5, 0.6) is 0 Å². The van der Waals surface area contributed by atoms with E-state index in [9.17, 15) is 9.59 Å². The van der Waals surface area contributed by atoms with Gasteiger partial charge in [-0.15, -0.1) is 21.5 Å². The smallest absolute Gasteiger partial charge is 0.253 e. The first-order chi connectivity index (χ1) is 14.1. The van der Waals surface area contributed by atoms with Crippen molar-refractivity contribution < 1.29 is 9.59 Å². The van der Waals surface area contributed by atoms with Crippen LogP contribution in [0.3, 0.4) is 0 Å². The van der Waals surface area contributed by atoms with E-state index in [0.29, 0.717) is 16.4 Å². The number of hydrogen-bond acceptors (Lipinski definition) is 6. The van der Waals surface area contributed by atoms with Crippen LogP contribution < -0.4 is 10.6 Å². The van der Waals surface area contributed by atoms with Crippen LogP contribution in [0, 0.1) is 0 Å². The van der Waals surface area contributed by atoms with Gasteiger partial charge in [-0.3, -0.25) is 9.59 Å². The van der Waals surface area contributed by atoms with Crippen molar-refractivity contribution in [2.24, 2.45) is 7.05 Å². The molecule has 0 radical (unpaired) electrons. The Labute approximate surface area is 176 Å². The lowest BCUT2D eigenvalue weighted by Gasteiger charge is -2.11. The average molecular weight is 428 g/mol. The van der Waals surface area contributed by atoms with E-state index < -0.39 is 0 Å². The van der Waals surface area contributed by atoms with E-state index in [2.05, 4.69) is 26.9 Å². The molecule has 7 nitrogen and oxygen atoms in total. The highest BCUT2D eigenvalue weighted by molar-refractivity contribution is 7.99. The summed E-state index contributed by atoms with van der Waals surface area (Å²) in [7, 11) is 1.90. The normalized spacial score (nSPS) is 13.3. The molecule has 29 heavy (non-hydrogen) atoms.